The van der Waals surface area contributed by atoms with E-state index in [9.17, 15) is 9.90 Å². The summed E-state index contributed by atoms with van der Waals surface area (Å²) in [5, 5.41) is 13.0. The first-order valence-corrected chi connectivity index (χ1v) is 5.82. The molecule has 0 spiro atoms. The first kappa shape index (κ1) is 12.0. The number of carboxylic acid groups (broad SMARTS) is 1. The highest BCUT2D eigenvalue weighted by molar-refractivity contribution is 5.73. The van der Waals surface area contributed by atoms with E-state index in [-0.39, 0.29) is 0 Å². The summed E-state index contributed by atoms with van der Waals surface area (Å²) in [6.45, 7) is 5.03. The van der Waals surface area contributed by atoms with Crippen LogP contribution in [0.1, 0.15) is 31.5 Å². The average Bonchev–Trinajstić information content (AvgIpc) is 2.66. The lowest BCUT2D eigenvalue weighted by Gasteiger charge is -2.35. The van der Waals surface area contributed by atoms with Crippen molar-refractivity contribution in [1.29, 1.82) is 0 Å². The molecule has 0 bridgehead atoms. The molecule has 2 unspecified atom stereocenters. The molecule has 1 saturated heterocycles. The monoisotopic (exact) mass is 239 g/mol. The summed E-state index contributed by atoms with van der Waals surface area (Å²) < 4.78 is 4.89. The Morgan fingerprint density at radius 3 is 3.00 bits per heavy atom. The Bertz CT molecular complexity index is 404. The SMILES string of the molecule is Cc1nc(CN2CCC(C)CC2C(=O)O)no1. The molecule has 1 aliphatic heterocycles. The van der Waals surface area contributed by atoms with Gasteiger partial charge in [0.15, 0.2) is 5.82 Å². The summed E-state index contributed by atoms with van der Waals surface area (Å²) in [6, 6.07) is -0.433. The predicted molar refractivity (Wildman–Crippen MR) is 59.3 cm³/mol. The summed E-state index contributed by atoms with van der Waals surface area (Å²) >= 11 is 0. The van der Waals surface area contributed by atoms with E-state index in [4.69, 9.17) is 4.52 Å². The number of hydrogen-bond acceptors (Lipinski definition) is 5. The van der Waals surface area contributed by atoms with Crippen LogP contribution in [0, 0.1) is 12.8 Å². The minimum absolute atomic E-state index is 0.433. The van der Waals surface area contributed by atoms with Gasteiger partial charge in [-0.3, -0.25) is 9.69 Å². The minimum atomic E-state index is -0.767. The lowest BCUT2D eigenvalue weighted by Crippen LogP contribution is -2.46. The largest absolute Gasteiger partial charge is 0.480 e. The van der Waals surface area contributed by atoms with E-state index < -0.39 is 12.0 Å². The Balaban J connectivity index is 2.05. The average molecular weight is 239 g/mol. The van der Waals surface area contributed by atoms with Crippen LogP contribution < -0.4 is 0 Å². The van der Waals surface area contributed by atoms with Gasteiger partial charge in [-0.1, -0.05) is 12.1 Å². The molecule has 6 nitrogen and oxygen atoms in total. The maximum absolute atomic E-state index is 11.2. The molecule has 0 aromatic carbocycles. The second kappa shape index (κ2) is 4.83. The van der Waals surface area contributed by atoms with Gasteiger partial charge in [-0.05, 0) is 25.3 Å². The number of piperidine rings is 1. The van der Waals surface area contributed by atoms with Crippen molar-refractivity contribution in [3.8, 4) is 0 Å². The molecule has 17 heavy (non-hydrogen) atoms. The molecule has 1 aromatic rings. The first-order chi connectivity index (χ1) is 8.06. The zero-order chi connectivity index (χ0) is 12.4. The van der Waals surface area contributed by atoms with Crippen LogP contribution in [0.5, 0.6) is 0 Å². The first-order valence-electron chi connectivity index (χ1n) is 5.82. The molecule has 6 heteroatoms. The third-order valence-corrected chi connectivity index (χ3v) is 3.17. The van der Waals surface area contributed by atoms with Gasteiger partial charge in [-0.25, -0.2) is 0 Å². The van der Waals surface area contributed by atoms with Crippen LogP contribution in [0.25, 0.3) is 0 Å². The van der Waals surface area contributed by atoms with Crippen molar-refractivity contribution in [1.82, 2.24) is 15.0 Å². The van der Waals surface area contributed by atoms with Crippen LogP contribution in [-0.2, 0) is 11.3 Å². The highest BCUT2D eigenvalue weighted by Crippen LogP contribution is 2.23. The van der Waals surface area contributed by atoms with Crippen molar-refractivity contribution in [3.63, 3.8) is 0 Å². The Morgan fingerprint density at radius 2 is 2.41 bits per heavy atom. The number of nitrogens with zero attached hydrogens (tertiary/aromatic N) is 3. The van der Waals surface area contributed by atoms with Gasteiger partial charge < -0.3 is 9.63 Å². The molecule has 1 N–H and O–H groups in total. The molecule has 0 amide bonds. The third kappa shape index (κ3) is 2.82. The van der Waals surface area contributed by atoms with Crippen LogP contribution >= 0.6 is 0 Å². The topological polar surface area (TPSA) is 79.5 Å². The number of hydrogen-bond donors (Lipinski definition) is 1. The van der Waals surface area contributed by atoms with E-state index >= 15 is 0 Å². The number of aryl methyl sites for hydroxylation is 1. The van der Waals surface area contributed by atoms with E-state index in [1.807, 2.05) is 4.90 Å². The molecule has 1 aliphatic rings. The van der Waals surface area contributed by atoms with E-state index in [1.54, 1.807) is 6.92 Å². The lowest BCUT2D eigenvalue weighted by atomic mass is 9.92. The maximum Gasteiger partial charge on any atom is 0.320 e. The molecule has 2 heterocycles. The molecular weight excluding hydrogens is 222 g/mol. The van der Waals surface area contributed by atoms with Crippen molar-refractivity contribution in [2.45, 2.75) is 39.3 Å². The van der Waals surface area contributed by atoms with E-state index in [1.165, 1.54) is 0 Å². The summed E-state index contributed by atoms with van der Waals surface area (Å²) in [7, 11) is 0. The van der Waals surface area contributed by atoms with Crippen molar-refractivity contribution in [2.24, 2.45) is 5.92 Å². The van der Waals surface area contributed by atoms with Gasteiger partial charge in [0.05, 0.1) is 6.54 Å². The van der Waals surface area contributed by atoms with Gasteiger partial charge in [0.1, 0.15) is 6.04 Å². The van der Waals surface area contributed by atoms with Crippen LogP contribution in [0.4, 0.5) is 0 Å². The lowest BCUT2D eigenvalue weighted by molar-refractivity contribution is -0.145. The van der Waals surface area contributed by atoms with E-state index in [2.05, 4.69) is 17.1 Å². The zero-order valence-electron chi connectivity index (χ0n) is 10.1. The summed E-state index contributed by atoms with van der Waals surface area (Å²) in [6.07, 6.45) is 1.70. The van der Waals surface area contributed by atoms with E-state index in [0.717, 1.165) is 13.0 Å². The van der Waals surface area contributed by atoms with Crippen LogP contribution in [0.2, 0.25) is 0 Å². The Hall–Kier alpha value is -1.43. The molecule has 2 atom stereocenters. The van der Waals surface area contributed by atoms with Crippen LogP contribution in [0.3, 0.4) is 0 Å². The van der Waals surface area contributed by atoms with Crippen molar-refractivity contribution < 1.29 is 14.4 Å². The van der Waals surface area contributed by atoms with Crippen LogP contribution in [-0.4, -0.2) is 38.7 Å². The molecular formula is C11H17N3O3. The van der Waals surface area contributed by atoms with Gasteiger partial charge in [0.2, 0.25) is 5.89 Å². The summed E-state index contributed by atoms with van der Waals surface area (Å²) in [4.78, 5) is 17.2. The van der Waals surface area contributed by atoms with E-state index in [0.29, 0.717) is 30.6 Å². The Morgan fingerprint density at radius 1 is 1.65 bits per heavy atom. The molecule has 1 aromatic heterocycles. The molecule has 1 fully saturated rings. The molecule has 94 valence electrons. The Labute approximate surface area is 99.6 Å². The standard InChI is InChI=1S/C11H17N3O3/c1-7-3-4-14(9(5-7)11(15)16)6-10-12-8(2)17-13-10/h7,9H,3-6H2,1-2H3,(H,15,16). The summed E-state index contributed by atoms with van der Waals surface area (Å²) in [5.74, 6) is 0.761. The van der Waals surface area contributed by atoms with Crippen molar-refractivity contribution in [2.75, 3.05) is 6.54 Å². The number of aliphatic carboxylic acids is 1. The predicted octanol–water partition coefficient (Wildman–Crippen LogP) is 1.06. The highest BCUT2D eigenvalue weighted by Gasteiger charge is 2.32. The molecule has 2 rings (SSSR count). The smallest absolute Gasteiger partial charge is 0.320 e. The van der Waals surface area contributed by atoms with Gasteiger partial charge in [0.25, 0.3) is 0 Å². The van der Waals surface area contributed by atoms with Crippen molar-refractivity contribution in [3.05, 3.63) is 11.7 Å². The summed E-state index contributed by atoms with van der Waals surface area (Å²) in [5.41, 5.74) is 0. The molecule has 0 saturated carbocycles. The maximum atomic E-state index is 11.2. The second-order valence-electron chi connectivity index (χ2n) is 4.68. The van der Waals surface area contributed by atoms with Gasteiger partial charge in [-0.15, -0.1) is 0 Å². The zero-order valence-corrected chi connectivity index (χ0v) is 10.1. The number of likely N-dealkylation sites (tertiary alicyclic amines) is 1. The molecule has 0 aliphatic carbocycles. The Kier molecular flexibility index (Phi) is 3.42. The minimum Gasteiger partial charge on any atom is -0.480 e. The van der Waals surface area contributed by atoms with Crippen molar-refractivity contribution >= 4 is 5.97 Å². The fraction of sp³-hybridized carbons (Fsp3) is 0.727. The fourth-order valence-electron chi connectivity index (χ4n) is 2.22. The number of carbonyl (C=O) groups is 1. The highest BCUT2D eigenvalue weighted by atomic mass is 16.5. The molecule has 0 radical (unpaired) electrons. The van der Waals surface area contributed by atoms with Gasteiger partial charge >= 0.3 is 5.97 Å². The quantitative estimate of drug-likeness (QED) is 0.849. The number of carboxylic acids is 1. The van der Waals surface area contributed by atoms with Gasteiger partial charge in [0, 0.05) is 6.92 Å². The number of aromatic nitrogens is 2. The third-order valence-electron chi connectivity index (χ3n) is 3.17. The van der Waals surface area contributed by atoms with Gasteiger partial charge in [-0.2, -0.15) is 4.98 Å². The fourth-order valence-corrected chi connectivity index (χ4v) is 2.22. The normalized spacial score (nSPS) is 26.0. The number of rotatable bonds is 3. The second-order valence-corrected chi connectivity index (χ2v) is 4.68. The van der Waals surface area contributed by atoms with Crippen LogP contribution in [0.15, 0.2) is 4.52 Å².